The number of halogens is 3. The first kappa shape index (κ1) is 11.1. The van der Waals surface area contributed by atoms with Gasteiger partial charge in [-0.05, 0) is 34.7 Å². The third-order valence-electron chi connectivity index (χ3n) is 1.27. The molecular weight excluding hydrogens is 279 g/mol. The molecule has 0 aliphatic heterocycles. The summed E-state index contributed by atoms with van der Waals surface area (Å²) in [7, 11) is 0. The lowest BCUT2D eigenvalue weighted by atomic mass is 10.2. The predicted octanol–water partition coefficient (Wildman–Crippen LogP) is 2.31. The van der Waals surface area contributed by atoms with Gasteiger partial charge in [0.05, 0.1) is 0 Å². The van der Waals surface area contributed by atoms with Crippen molar-refractivity contribution in [2.24, 2.45) is 5.73 Å². The van der Waals surface area contributed by atoms with Crippen LogP contribution in [0.15, 0.2) is 18.2 Å². The van der Waals surface area contributed by atoms with Gasteiger partial charge in [0.25, 0.3) is 0 Å². The van der Waals surface area contributed by atoms with E-state index in [0.717, 1.165) is 3.57 Å². The van der Waals surface area contributed by atoms with Crippen molar-refractivity contribution in [3.05, 3.63) is 33.1 Å². The molecule has 0 spiro atoms. The molecule has 1 nitrogen and oxygen atoms in total. The lowest BCUT2D eigenvalue weighted by molar-refractivity contribution is 0.609. The monoisotopic (exact) mass is 287 g/mol. The lowest BCUT2D eigenvalue weighted by Gasteiger charge is -2.00. The van der Waals surface area contributed by atoms with Crippen LogP contribution in [-0.2, 0) is 6.54 Å². The van der Waals surface area contributed by atoms with E-state index in [1.807, 2.05) is 6.07 Å². The highest BCUT2D eigenvalue weighted by Gasteiger charge is 2.01. The maximum Gasteiger partial charge on any atom is 0.128 e. The maximum atomic E-state index is 12.8. The Morgan fingerprint density at radius 1 is 1.45 bits per heavy atom. The number of hydrogen-bond donors (Lipinski definition) is 1. The van der Waals surface area contributed by atoms with E-state index in [1.165, 1.54) is 6.07 Å². The SMILES string of the molecule is Cl.NCc1c(F)cccc1I. The highest BCUT2D eigenvalue weighted by atomic mass is 127. The molecule has 1 aromatic rings. The molecule has 0 fully saturated rings. The fourth-order valence-corrected chi connectivity index (χ4v) is 1.41. The summed E-state index contributed by atoms with van der Waals surface area (Å²) in [4.78, 5) is 0. The van der Waals surface area contributed by atoms with Gasteiger partial charge in [-0.15, -0.1) is 12.4 Å². The van der Waals surface area contributed by atoms with Crippen molar-refractivity contribution in [1.82, 2.24) is 0 Å². The Hall–Kier alpha value is 0.130. The van der Waals surface area contributed by atoms with Crippen molar-refractivity contribution >= 4 is 35.0 Å². The van der Waals surface area contributed by atoms with E-state index in [-0.39, 0.29) is 24.8 Å². The average molecular weight is 288 g/mol. The minimum absolute atomic E-state index is 0. The van der Waals surface area contributed by atoms with Gasteiger partial charge >= 0.3 is 0 Å². The van der Waals surface area contributed by atoms with Crippen LogP contribution in [0.25, 0.3) is 0 Å². The summed E-state index contributed by atoms with van der Waals surface area (Å²) in [6, 6.07) is 4.94. The Morgan fingerprint density at radius 3 is 2.45 bits per heavy atom. The van der Waals surface area contributed by atoms with Crippen molar-refractivity contribution in [3.63, 3.8) is 0 Å². The second-order valence-corrected chi connectivity index (χ2v) is 3.07. The van der Waals surface area contributed by atoms with E-state index in [9.17, 15) is 4.39 Å². The number of hydrogen-bond acceptors (Lipinski definition) is 1. The Morgan fingerprint density at radius 2 is 2.09 bits per heavy atom. The summed E-state index contributed by atoms with van der Waals surface area (Å²) in [6.07, 6.45) is 0. The van der Waals surface area contributed by atoms with Crippen LogP contribution in [0.4, 0.5) is 4.39 Å². The molecule has 0 radical (unpaired) electrons. The fraction of sp³-hybridized carbons (Fsp3) is 0.143. The van der Waals surface area contributed by atoms with Gasteiger partial charge in [0.1, 0.15) is 5.82 Å². The molecule has 0 saturated heterocycles. The van der Waals surface area contributed by atoms with Crippen molar-refractivity contribution in [2.45, 2.75) is 6.54 Å². The minimum Gasteiger partial charge on any atom is -0.326 e. The van der Waals surface area contributed by atoms with Crippen LogP contribution >= 0.6 is 35.0 Å². The van der Waals surface area contributed by atoms with E-state index in [1.54, 1.807) is 6.07 Å². The third-order valence-corrected chi connectivity index (χ3v) is 2.28. The molecule has 1 aromatic carbocycles. The van der Waals surface area contributed by atoms with Crippen molar-refractivity contribution < 1.29 is 4.39 Å². The average Bonchev–Trinajstić information content (AvgIpc) is 1.88. The van der Waals surface area contributed by atoms with E-state index >= 15 is 0 Å². The molecular formula is C7H8ClFIN. The first-order chi connectivity index (χ1) is 4.75. The van der Waals surface area contributed by atoms with E-state index in [2.05, 4.69) is 22.6 Å². The topological polar surface area (TPSA) is 26.0 Å². The number of benzene rings is 1. The summed E-state index contributed by atoms with van der Waals surface area (Å²) in [5.74, 6) is -0.214. The van der Waals surface area contributed by atoms with Crippen LogP contribution < -0.4 is 5.73 Å². The van der Waals surface area contributed by atoms with Gasteiger partial charge in [0, 0.05) is 15.7 Å². The number of nitrogens with two attached hydrogens (primary N) is 1. The molecule has 0 aliphatic rings. The molecule has 11 heavy (non-hydrogen) atoms. The van der Waals surface area contributed by atoms with Gasteiger partial charge in [0.2, 0.25) is 0 Å². The standard InChI is InChI=1S/C7H7FIN.ClH/c8-6-2-1-3-7(9)5(6)4-10;/h1-3H,4,10H2;1H. The Bertz CT molecular complexity index is 222. The highest BCUT2D eigenvalue weighted by Crippen LogP contribution is 2.14. The second-order valence-electron chi connectivity index (χ2n) is 1.90. The quantitative estimate of drug-likeness (QED) is 0.788. The summed E-state index contributed by atoms with van der Waals surface area (Å²) in [5.41, 5.74) is 5.91. The van der Waals surface area contributed by atoms with Gasteiger partial charge in [-0.25, -0.2) is 4.39 Å². The van der Waals surface area contributed by atoms with Gasteiger partial charge in [-0.2, -0.15) is 0 Å². The Labute approximate surface area is 84.7 Å². The zero-order valence-electron chi connectivity index (χ0n) is 5.68. The van der Waals surface area contributed by atoms with E-state index in [4.69, 9.17) is 5.73 Å². The molecule has 0 aromatic heterocycles. The first-order valence-corrected chi connectivity index (χ1v) is 3.96. The molecule has 4 heteroatoms. The second kappa shape index (κ2) is 4.90. The molecule has 0 unspecified atom stereocenters. The fourth-order valence-electron chi connectivity index (χ4n) is 0.727. The van der Waals surface area contributed by atoms with Crippen molar-refractivity contribution in [1.29, 1.82) is 0 Å². The van der Waals surface area contributed by atoms with Crippen LogP contribution in [0, 0.1) is 9.39 Å². The van der Waals surface area contributed by atoms with Crippen LogP contribution in [0.1, 0.15) is 5.56 Å². The summed E-state index contributed by atoms with van der Waals surface area (Å²) in [5, 5.41) is 0. The predicted molar refractivity (Wildman–Crippen MR) is 54.3 cm³/mol. The maximum absolute atomic E-state index is 12.8. The molecule has 62 valence electrons. The lowest BCUT2D eigenvalue weighted by Crippen LogP contribution is -2.01. The summed E-state index contributed by atoms with van der Waals surface area (Å²) >= 11 is 2.07. The number of rotatable bonds is 1. The normalized spacial score (nSPS) is 9.00. The molecule has 0 amide bonds. The van der Waals surface area contributed by atoms with Gasteiger partial charge in [0.15, 0.2) is 0 Å². The van der Waals surface area contributed by atoms with Crippen LogP contribution in [0.3, 0.4) is 0 Å². The minimum atomic E-state index is -0.214. The largest absolute Gasteiger partial charge is 0.326 e. The zero-order chi connectivity index (χ0) is 7.56. The van der Waals surface area contributed by atoms with Crippen molar-refractivity contribution in [3.8, 4) is 0 Å². The molecule has 2 N–H and O–H groups in total. The zero-order valence-corrected chi connectivity index (χ0v) is 8.65. The van der Waals surface area contributed by atoms with Crippen LogP contribution in [0.2, 0.25) is 0 Å². The Balaban J connectivity index is 0.000001000. The summed E-state index contributed by atoms with van der Waals surface area (Å²) < 4.78 is 13.7. The van der Waals surface area contributed by atoms with Crippen molar-refractivity contribution in [2.75, 3.05) is 0 Å². The molecule has 0 heterocycles. The highest BCUT2D eigenvalue weighted by molar-refractivity contribution is 14.1. The van der Waals surface area contributed by atoms with Crippen LogP contribution in [-0.4, -0.2) is 0 Å². The summed E-state index contributed by atoms with van der Waals surface area (Å²) in [6.45, 7) is 0.269. The molecule has 0 saturated carbocycles. The third kappa shape index (κ3) is 2.57. The van der Waals surface area contributed by atoms with Gasteiger partial charge in [-0.1, -0.05) is 6.07 Å². The van der Waals surface area contributed by atoms with Gasteiger partial charge < -0.3 is 5.73 Å². The Kier molecular flexibility index (Phi) is 4.96. The molecule has 1 rings (SSSR count). The molecule has 0 atom stereocenters. The van der Waals surface area contributed by atoms with Crippen LogP contribution in [0.5, 0.6) is 0 Å². The molecule has 0 bridgehead atoms. The van der Waals surface area contributed by atoms with Gasteiger partial charge in [-0.3, -0.25) is 0 Å². The smallest absolute Gasteiger partial charge is 0.128 e. The van der Waals surface area contributed by atoms with E-state index < -0.39 is 0 Å². The first-order valence-electron chi connectivity index (χ1n) is 2.88. The molecule has 0 aliphatic carbocycles. The van der Waals surface area contributed by atoms with E-state index in [0.29, 0.717) is 5.56 Å².